The monoisotopic (exact) mass is 145 g/mol. The molecule has 0 bridgehead atoms. The van der Waals surface area contributed by atoms with Crippen LogP contribution in [0, 0.1) is 0 Å². The van der Waals surface area contributed by atoms with Crippen molar-refractivity contribution in [2.24, 2.45) is 5.73 Å². The fourth-order valence-electron chi connectivity index (χ4n) is 0.784. The van der Waals surface area contributed by atoms with Gasteiger partial charge >= 0.3 is 0 Å². The number of halogens is 2. The lowest BCUT2D eigenvalue weighted by Gasteiger charge is -2.19. The van der Waals surface area contributed by atoms with E-state index in [1.807, 2.05) is 0 Å². The van der Waals surface area contributed by atoms with Crippen molar-refractivity contribution in [3.8, 4) is 0 Å². The third-order valence-corrected chi connectivity index (χ3v) is 1.52. The van der Waals surface area contributed by atoms with Gasteiger partial charge in [-0.25, -0.2) is 8.78 Å². The second-order valence-electron chi connectivity index (χ2n) is 2.37. The van der Waals surface area contributed by atoms with Crippen molar-refractivity contribution in [3.05, 3.63) is 24.1 Å². The second-order valence-corrected chi connectivity index (χ2v) is 2.37. The van der Waals surface area contributed by atoms with Crippen LogP contribution in [0.3, 0.4) is 0 Å². The Hall–Kier alpha value is -0.700. The van der Waals surface area contributed by atoms with Gasteiger partial charge in [0.2, 0.25) is 0 Å². The Morgan fingerprint density at radius 3 is 2.80 bits per heavy atom. The van der Waals surface area contributed by atoms with E-state index in [1.165, 1.54) is 12.2 Å². The van der Waals surface area contributed by atoms with Gasteiger partial charge in [0, 0.05) is 13.0 Å². The molecule has 0 spiro atoms. The molecule has 56 valence electrons. The van der Waals surface area contributed by atoms with E-state index < -0.39 is 5.67 Å². The van der Waals surface area contributed by atoms with Crippen molar-refractivity contribution in [2.75, 3.05) is 6.54 Å². The van der Waals surface area contributed by atoms with Gasteiger partial charge in [0.15, 0.2) is 0 Å². The van der Waals surface area contributed by atoms with E-state index in [0.717, 1.165) is 6.08 Å². The van der Waals surface area contributed by atoms with Crippen molar-refractivity contribution < 1.29 is 8.78 Å². The van der Waals surface area contributed by atoms with E-state index in [9.17, 15) is 8.78 Å². The van der Waals surface area contributed by atoms with E-state index in [4.69, 9.17) is 5.73 Å². The molecule has 0 aromatic rings. The maximum absolute atomic E-state index is 13.1. The predicted molar refractivity (Wildman–Crippen MR) is 35.8 cm³/mol. The van der Waals surface area contributed by atoms with Crippen LogP contribution < -0.4 is 5.73 Å². The highest BCUT2D eigenvalue weighted by Gasteiger charge is 2.25. The number of allylic oxidation sites excluding steroid dienone is 3. The average molecular weight is 145 g/mol. The van der Waals surface area contributed by atoms with Gasteiger partial charge in [0.1, 0.15) is 11.5 Å². The Balaban J connectivity index is 2.67. The SMILES string of the molecule is NCC1(F)C=CC(F)=CC1. The van der Waals surface area contributed by atoms with Gasteiger partial charge in [0.05, 0.1) is 0 Å². The van der Waals surface area contributed by atoms with E-state index in [1.54, 1.807) is 0 Å². The van der Waals surface area contributed by atoms with E-state index >= 15 is 0 Å². The molecule has 1 aliphatic rings. The normalized spacial score (nSPS) is 32.1. The van der Waals surface area contributed by atoms with Crippen LogP contribution in [-0.4, -0.2) is 12.2 Å². The van der Waals surface area contributed by atoms with Crippen molar-refractivity contribution in [1.82, 2.24) is 0 Å². The van der Waals surface area contributed by atoms with Crippen LogP contribution in [0.15, 0.2) is 24.1 Å². The summed E-state index contributed by atoms with van der Waals surface area (Å²) in [6.07, 6.45) is 3.53. The first-order valence-corrected chi connectivity index (χ1v) is 3.10. The number of nitrogens with two attached hydrogens (primary N) is 1. The Kier molecular flexibility index (Phi) is 1.85. The van der Waals surface area contributed by atoms with Gasteiger partial charge in [-0.05, 0) is 18.2 Å². The topological polar surface area (TPSA) is 26.0 Å². The van der Waals surface area contributed by atoms with Gasteiger partial charge in [-0.3, -0.25) is 0 Å². The molecular formula is C7H9F2N. The molecule has 0 saturated carbocycles. The van der Waals surface area contributed by atoms with Crippen molar-refractivity contribution in [1.29, 1.82) is 0 Å². The van der Waals surface area contributed by atoms with Gasteiger partial charge in [-0.1, -0.05) is 0 Å². The number of rotatable bonds is 1. The summed E-state index contributed by atoms with van der Waals surface area (Å²) in [5.74, 6) is -0.387. The molecule has 0 aliphatic heterocycles. The maximum atomic E-state index is 13.1. The van der Waals surface area contributed by atoms with Gasteiger partial charge in [0.25, 0.3) is 0 Å². The molecule has 0 aromatic heterocycles. The molecule has 10 heavy (non-hydrogen) atoms. The van der Waals surface area contributed by atoms with Crippen LogP contribution >= 0.6 is 0 Å². The molecule has 0 fully saturated rings. The van der Waals surface area contributed by atoms with Crippen LogP contribution in [0.2, 0.25) is 0 Å². The fourth-order valence-corrected chi connectivity index (χ4v) is 0.784. The molecule has 0 saturated heterocycles. The number of hydrogen-bond acceptors (Lipinski definition) is 1. The minimum absolute atomic E-state index is 0.0475. The standard InChI is InChI=1S/C7H9F2N/c8-6-1-3-7(9,5-10)4-2-6/h1-3H,4-5,10H2. The zero-order valence-electron chi connectivity index (χ0n) is 5.48. The summed E-state index contributed by atoms with van der Waals surface area (Å²) < 4.78 is 25.3. The first-order chi connectivity index (χ1) is 4.66. The minimum Gasteiger partial charge on any atom is -0.327 e. The van der Waals surface area contributed by atoms with E-state index in [0.29, 0.717) is 0 Å². The molecule has 1 unspecified atom stereocenters. The smallest absolute Gasteiger partial charge is 0.145 e. The van der Waals surface area contributed by atoms with Crippen molar-refractivity contribution in [2.45, 2.75) is 12.1 Å². The van der Waals surface area contributed by atoms with E-state index in [2.05, 4.69) is 0 Å². The summed E-state index contributed by atoms with van der Waals surface area (Å²) in [5.41, 5.74) is 3.59. The van der Waals surface area contributed by atoms with Crippen molar-refractivity contribution >= 4 is 0 Å². The summed E-state index contributed by atoms with van der Waals surface area (Å²) in [5, 5.41) is 0. The Morgan fingerprint density at radius 1 is 1.70 bits per heavy atom. The summed E-state index contributed by atoms with van der Waals surface area (Å²) in [6, 6.07) is 0. The summed E-state index contributed by atoms with van der Waals surface area (Å²) in [6.45, 7) is -0.0900. The van der Waals surface area contributed by atoms with Gasteiger partial charge < -0.3 is 5.73 Å². The zero-order chi connectivity index (χ0) is 7.61. The van der Waals surface area contributed by atoms with Crippen LogP contribution in [0.5, 0.6) is 0 Å². The number of alkyl halides is 1. The number of hydrogen-bond donors (Lipinski definition) is 1. The summed E-state index contributed by atoms with van der Waals surface area (Å²) in [4.78, 5) is 0. The largest absolute Gasteiger partial charge is 0.327 e. The van der Waals surface area contributed by atoms with Gasteiger partial charge in [-0.2, -0.15) is 0 Å². The third kappa shape index (κ3) is 1.42. The highest BCUT2D eigenvalue weighted by atomic mass is 19.1. The Bertz CT molecular complexity index is 186. The molecule has 0 heterocycles. The van der Waals surface area contributed by atoms with Crippen molar-refractivity contribution in [3.63, 3.8) is 0 Å². The molecule has 1 atom stereocenters. The first kappa shape index (κ1) is 7.41. The second kappa shape index (κ2) is 2.50. The molecule has 1 aliphatic carbocycles. The van der Waals surface area contributed by atoms with Gasteiger partial charge in [-0.15, -0.1) is 0 Å². The fraction of sp³-hybridized carbons (Fsp3) is 0.429. The van der Waals surface area contributed by atoms with Crippen LogP contribution in [0.1, 0.15) is 6.42 Å². The van der Waals surface area contributed by atoms with E-state index in [-0.39, 0.29) is 18.8 Å². The zero-order valence-corrected chi connectivity index (χ0v) is 5.48. The molecule has 3 heteroatoms. The first-order valence-electron chi connectivity index (χ1n) is 3.10. The summed E-state index contributed by atoms with van der Waals surface area (Å²) in [7, 11) is 0. The molecule has 0 amide bonds. The third-order valence-electron chi connectivity index (χ3n) is 1.52. The Morgan fingerprint density at radius 2 is 2.40 bits per heavy atom. The molecule has 0 radical (unpaired) electrons. The molecule has 1 nitrogen and oxygen atoms in total. The lowest BCUT2D eigenvalue weighted by Crippen LogP contribution is -2.31. The highest BCUT2D eigenvalue weighted by molar-refractivity contribution is 5.23. The Labute approximate surface area is 58.2 Å². The van der Waals surface area contributed by atoms with Crippen LogP contribution in [0.4, 0.5) is 8.78 Å². The lowest BCUT2D eigenvalue weighted by molar-refractivity contribution is 0.239. The molecule has 2 N–H and O–H groups in total. The average Bonchev–Trinajstić information content (AvgIpc) is 1.96. The predicted octanol–water partition coefficient (Wildman–Crippen LogP) is 1.47. The van der Waals surface area contributed by atoms with Crippen LogP contribution in [-0.2, 0) is 0 Å². The summed E-state index contributed by atoms with van der Waals surface area (Å²) >= 11 is 0. The lowest BCUT2D eigenvalue weighted by atomic mass is 9.97. The molecule has 0 aromatic carbocycles. The quantitative estimate of drug-likeness (QED) is 0.594. The maximum Gasteiger partial charge on any atom is 0.145 e. The minimum atomic E-state index is -1.52. The van der Waals surface area contributed by atoms with Crippen LogP contribution in [0.25, 0.3) is 0 Å². The molecular weight excluding hydrogens is 136 g/mol. The molecule has 1 rings (SSSR count). The highest BCUT2D eigenvalue weighted by Crippen LogP contribution is 2.23.